The number of nitrogens with zero attached hydrogens (tertiary/aromatic N) is 4. The number of hydrogen-bond acceptors (Lipinski definition) is 4. The number of aromatic nitrogens is 2. The SMILES string of the molecule is CCCN1CCN(C(=O)c2cn(C)cn2)CC(Cc2ccc(-c3cccs3)cc2)C1=O. The van der Waals surface area contributed by atoms with Crippen molar-refractivity contribution in [2.75, 3.05) is 26.2 Å². The van der Waals surface area contributed by atoms with Crippen molar-refractivity contribution in [3.05, 3.63) is 65.6 Å². The van der Waals surface area contributed by atoms with E-state index in [0.717, 1.165) is 18.5 Å². The first-order valence-electron chi connectivity index (χ1n) is 10.7. The molecular weight excluding hydrogens is 408 g/mol. The van der Waals surface area contributed by atoms with Gasteiger partial charge in [0, 0.05) is 44.3 Å². The van der Waals surface area contributed by atoms with E-state index < -0.39 is 0 Å². The number of benzene rings is 1. The quantitative estimate of drug-likeness (QED) is 0.592. The van der Waals surface area contributed by atoms with Gasteiger partial charge in [-0.2, -0.15) is 0 Å². The average Bonchev–Trinajstić information content (AvgIpc) is 3.44. The van der Waals surface area contributed by atoms with Gasteiger partial charge >= 0.3 is 0 Å². The Morgan fingerprint density at radius 1 is 1.19 bits per heavy atom. The highest BCUT2D eigenvalue weighted by molar-refractivity contribution is 7.13. The lowest BCUT2D eigenvalue weighted by molar-refractivity contribution is -0.134. The summed E-state index contributed by atoms with van der Waals surface area (Å²) >= 11 is 1.72. The highest BCUT2D eigenvalue weighted by Gasteiger charge is 2.32. The van der Waals surface area contributed by atoms with Crippen molar-refractivity contribution < 1.29 is 9.59 Å². The van der Waals surface area contributed by atoms with Crippen molar-refractivity contribution in [3.8, 4) is 10.4 Å². The maximum atomic E-state index is 13.3. The van der Waals surface area contributed by atoms with E-state index in [9.17, 15) is 9.59 Å². The van der Waals surface area contributed by atoms with E-state index in [1.807, 2.05) is 18.0 Å². The minimum Gasteiger partial charge on any atom is -0.341 e. The summed E-state index contributed by atoms with van der Waals surface area (Å²) in [5.41, 5.74) is 2.73. The van der Waals surface area contributed by atoms with Crippen molar-refractivity contribution in [2.24, 2.45) is 13.0 Å². The number of thiophene rings is 1. The third-order valence-corrected chi connectivity index (χ3v) is 6.61. The number of carbonyl (C=O) groups is 2. The molecule has 3 heterocycles. The summed E-state index contributed by atoms with van der Waals surface area (Å²) < 4.78 is 1.77. The van der Waals surface area contributed by atoms with Gasteiger partial charge in [0.2, 0.25) is 5.91 Å². The van der Waals surface area contributed by atoms with Crippen LogP contribution in [0.1, 0.15) is 29.4 Å². The fourth-order valence-corrected chi connectivity index (χ4v) is 4.82. The molecule has 6 nitrogen and oxygen atoms in total. The molecule has 1 atom stereocenters. The van der Waals surface area contributed by atoms with Crippen LogP contribution in [0.5, 0.6) is 0 Å². The van der Waals surface area contributed by atoms with Crippen molar-refractivity contribution in [1.29, 1.82) is 0 Å². The van der Waals surface area contributed by atoms with Crippen LogP contribution in [-0.2, 0) is 18.3 Å². The van der Waals surface area contributed by atoms with Crippen molar-refractivity contribution in [2.45, 2.75) is 19.8 Å². The van der Waals surface area contributed by atoms with E-state index in [2.05, 4.69) is 47.6 Å². The Morgan fingerprint density at radius 3 is 2.65 bits per heavy atom. The van der Waals surface area contributed by atoms with E-state index in [1.54, 1.807) is 33.3 Å². The zero-order valence-electron chi connectivity index (χ0n) is 18.0. The van der Waals surface area contributed by atoms with Crippen LogP contribution in [0.3, 0.4) is 0 Å². The molecule has 1 fully saturated rings. The summed E-state index contributed by atoms with van der Waals surface area (Å²) in [5, 5.41) is 2.07. The normalized spacial score (nSPS) is 17.1. The second kappa shape index (κ2) is 9.47. The largest absolute Gasteiger partial charge is 0.341 e. The number of hydrogen-bond donors (Lipinski definition) is 0. The van der Waals surface area contributed by atoms with E-state index in [-0.39, 0.29) is 17.7 Å². The monoisotopic (exact) mass is 436 g/mol. The molecule has 162 valence electrons. The van der Waals surface area contributed by atoms with Crippen LogP contribution in [0.25, 0.3) is 10.4 Å². The highest BCUT2D eigenvalue weighted by Crippen LogP contribution is 2.26. The molecule has 1 unspecified atom stereocenters. The second-order valence-electron chi connectivity index (χ2n) is 8.08. The van der Waals surface area contributed by atoms with Gasteiger partial charge in [0.05, 0.1) is 12.2 Å². The van der Waals surface area contributed by atoms with E-state index in [1.165, 1.54) is 10.4 Å². The zero-order valence-corrected chi connectivity index (χ0v) is 18.8. The standard InChI is InChI=1S/C24H28N4O2S/c1-3-10-27-11-12-28(24(30)21-16-26(2)17-25-21)15-20(23(27)29)14-18-6-8-19(9-7-18)22-5-4-13-31-22/h4-9,13,16-17,20H,3,10-12,14-15H2,1-2H3. The first-order valence-corrected chi connectivity index (χ1v) is 11.6. The van der Waals surface area contributed by atoms with Crippen LogP contribution in [-0.4, -0.2) is 57.3 Å². The fourth-order valence-electron chi connectivity index (χ4n) is 4.09. The molecule has 0 N–H and O–H groups in total. The number of carbonyl (C=O) groups excluding carboxylic acids is 2. The summed E-state index contributed by atoms with van der Waals surface area (Å²) in [6, 6.07) is 12.6. The summed E-state index contributed by atoms with van der Waals surface area (Å²) in [5.74, 6) is -0.223. The molecule has 1 aliphatic rings. The van der Waals surface area contributed by atoms with Gasteiger partial charge in [0.25, 0.3) is 5.91 Å². The smallest absolute Gasteiger partial charge is 0.274 e. The van der Waals surface area contributed by atoms with Gasteiger partial charge in [-0.15, -0.1) is 11.3 Å². The van der Waals surface area contributed by atoms with E-state index >= 15 is 0 Å². The summed E-state index contributed by atoms with van der Waals surface area (Å²) in [6.07, 6.45) is 4.89. The van der Waals surface area contributed by atoms with Crippen LogP contribution in [0, 0.1) is 5.92 Å². The van der Waals surface area contributed by atoms with E-state index in [0.29, 0.717) is 31.7 Å². The lowest BCUT2D eigenvalue weighted by Crippen LogP contribution is -2.38. The van der Waals surface area contributed by atoms with Crippen LogP contribution < -0.4 is 0 Å². The second-order valence-corrected chi connectivity index (χ2v) is 9.02. The van der Waals surface area contributed by atoms with Crippen molar-refractivity contribution in [3.63, 3.8) is 0 Å². The molecule has 31 heavy (non-hydrogen) atoms. The summed E-state index contributed by atoms with van der Waals surface area (Å²) in [4.78, 5) is 35.5. The molecule has 0 bridgehead atoms. The lowest BCUT2D eigenvalue weighted by atomic mass is 9.96. The number of amides is 2. The molecule has 2 amide bonds. The molecule has 7 heteroatoms. The predicted octanol–water partition coefficient (Wildman–Crippen LogP) is 3.70. The fraction of sp³-hybridized carbons (Fsp3) is 0.375. The van der Waals surface area contributed by atoms with Crippen LogP contribution in [0.4, 0.5) is 0 Å². The van der Waals surface area contributed by atoms with Crippen LogP contribution >= 0.6 is 11.3 Å². The van der Waals surface area contributed by atoms with Gasteiger partial charge in [-0.1, -0.05) is 37.3 Å². The Morgan fingerprint density at radius 2 is 2.00 bits per heavy atom. The zero-order chi connectivity index (χ0) is 21.8. The van der Waals surface area contributed by atoms with Crippen LogP contribution in [0.2, 0.25) is 0 Å². The van der Waals surface area contributed by atoms with Gasteiger partial charge in [-0.25, -0.2) is 4.98 Å². The minimum absolute atomic E-state index is 0.107. The van der Waals surface area contributed by atoms with Gasteiger partial charge in [0.15, 0.2) is 0 Å². The molecular formula is C24H28N4O2S. The van der Waals surface area contributed by atoms with Gasteiger partial charge in [-0.3, -0.25) is 9.59 Å². The molecule has 1 saturated heterocycles. The Bertz CT molecular complexity index is 1030. The van der Waals surface area contributed by atoms with Gasteiger partial charge < -0.3 is 14.4 Å². The Hall–Kier alpha value is -2.93. The Balaban J connectivity index is 1.53. The average molecular weight is 437 g/mol. The summed E-state index contributed by atoms with van der Waals surface area (Å²) in [7, 11) is 1.85. The summed E-state index contributed by atoms with van der Waals surface area (Å²) in [6.45, 7) is 4.32. The third kappa shape index (κ3) is 4.88. The highest BCUT2D eigenvalue weighted by atomic mass is 32.1. The molecule has 0 radical (unpaired) electrons. The maximum Gasteiger partial charge on any atom is 0.274 e. The van der Waals surface area contributed by atoms with Gasteiger partial charge in [-0.05, 0) is 35.4 Å². The molecule has 3 aromatic rings. The van der Waals surface area contributed by atoms with Crippen LogP contribution in [0.15, 0.2) is 54.3 Å². The molecule has 1 aliphatic heterocycles. The van der Waals surface area contributed by atoms with Crippen molar-refractivity contribution in [1.82, 2.24) is 19.4 Å². The topological polar surface area (TPSA) is 58.4 Å². The maximum absolute atomic E-state index is 13.3. The lowest BCUT2D eigenvalue weighted by Gasteiger charge is -2.23. The van der Waals surface area contributed by atoms with E-state index in [4.69, 9.17) is 0 Å². The number of rotatable bonds is 6. The van der Waals surface area contributed by atoms with Gasteiger partial charge in [0.1, 0.15) is 5.69 Å². The predicted molar refractivity (Wildman–Crippen MR) is 123 cm³/mol. The molecule has 1 aromatic carbocycles. The van der Waals surface area contributed by atoms with Crippen molar-refractivity contribution >= 4 is 23.2 Å². The Labute approximate surface area is 187 Å². The third-order valence-electron chi connectivity index (χ3n) is 5.69. The first-order chi connectivity index (χ1) is 15.0. The minimum atomic E-state index is -0.255. The number of aryl methyl sites for hydroxylation is 1. The molecule has 4 rings (SSSR count). The number of imidazole rings is 1. The molecule has 0 aliphatic carbocycles. The first kappa shape index (κ1) is 21.3. The molecule has 0 spiro atoms. The molecule has 0 saturated carbocycles. The molecule has 2 aromatic heterocycles. The Kier molecular flexibility index (Phi) is 6.51.